The molecule has 20 heavy (non-hydrogen) atoms. The molecule has 5 heteroatoms. The molecule has 1 unspecified atom stereocenters. The molecule has 0 aliphatic carbocycles. The van der Waals surface area contributed by atoms with Crippen LogP contribution in [0.1, 0.15) is 19.4 Å². The Bertz CT molecular complexity index is 407. The standard InChI is InChI=1S/C15H24N2O3/c1-15(2,11-18)13(19)14(20)17-9-8-16-10-12-6-4-3-5-7-12/h3-7,13,16,18-19H,8-11H2,1-2H3,(H,17,20). The smallest absolute Gasteiger partial charge is 0.249 e. The van der Waals surface area contributed by atoms with E-state index in [9.17, 15) is 9.90 Å². The Morgan fingerprint density at radius 1 is 1.25 bits per heavy atom. The van der Waals surface area contributed by atoms with Gasteiger partial charge in [0.05, 0.1) is 6.61 Å². The van der Waals surface area contributed by atoms with Gasteiger partial charge in [-0.3, -0.25) is 4.79 Å². The van der Waals surface area contributed by atoms with Crippen LogP contribution >= 0.6 is 0 Å². The fraction of sp³-hybridized carbons (Fsp3) is 0.533. The van der Waals surface area contributed by atoms with Crippen LogP contribution in [0.25, 0.3) is 0 Å². The zero-order valence-corrected chi connectivity index (χ0v) is 12.1. The molecule has 1 amide bonds. The predicted molar refractivity (Wildman–Crippen MR) is 78.0 cm³/mol. The second kappa shape index (κ2) is 7.99. The first-order chi connectivity index (χ1) is 9.47. The maximum Gasteiger partial charge on any atom is 0.249 e. The van der Waals surface area contributed by atoms with Crippen molar-refractivity contribution in [2.75, 3.05) is 19.7 Å². The largest absolute Gasteiger partial charge is 0.396 e. The Hall–Kier alpha value is -1.43. The van der Waals surface area contributed by atoms with Crippen molar-refractivity contribution in [1.29, 1.82) is 0 Å². The summed E-state index contributed by atoms with van der Waals surface area (Å²) in [4.78, 5) is 11.7. The van der Waals surface area contributed by atoms with Gasteiger partial charge < -0.3 is 20.8 Å². The average molecular weight is 280 g/mol. The van der Waals surface area contributed by atoms with Gasteiger partial charge in [0, 0.05) is 25.0 Å². The van der Waals surface area contributed by atoms with E-state index in [0.717, 1.165) is 6.54 Å². The van der Waals surface area contributed by atoms with Crippen LogP contribution in [0.15, 0.2) is 30.3 Å². The quantitative estimate of drug-likeness (QED) is 0.515. The van der Waals surface area contributed by atoms with Gasteiger partial charge in [0.1, 0.15) is 6.10 Å². The Kier molecular flexibility index (Phi) is 6.64. The zero-order valence-electron chi connectivity index (χ0n) is 12.1. The fourth-order valence-corrected chi connectivity index (χ4v) is 1.64. The molecule has 1 atom stereocenters. The van der Waals surface area contributed by atoms with E-state index >= 15 is 0 Å². The molecular weight excluding hydrogens is 256 g/mol. The molecule has 1 rings (SSSR count). The van der Waals surface area contributed by atoms with E-state index in [-0.39, 0.29) is 6.61 Å². The molecule has 0 aliphatic heterocycles. The summed E-state index contributed by atoms with van der Waals surface area (Å²) in [6, 6.07) is 9.98. The van der Waals surface area contributed by atoms with Gasteiger partial charge in [-0.25, -0.2) is 0 Å². The van der Waals surface area contributed by atoms with Gasteiger partial charge in [-0.15, -0.1) is 0 Å². The highest BCUT2D eigenvalue weighted by molar-refractivity contribution is 5.81. The Morgan fingerprint density at radius 3 is 2.50 bits per heavy atom. The second-order valence-electron chi connectivity index (χ2n) is 5.50. The molecule has 5 nitrogen and oxygen atoms in total. The van der Waals surface area contributed by atoms with Gasteiger partial charge >= 0.3 is 0 Å². The number of hydrogen-bond donors (Lipinski definition) is 4. The minimum absolute atomic E-state index is 0.242. The summed E-state index contributed by atoms with van der Waals surface area (Å²) in [6.45, 7) is 4.84. The molecule has 1 aromatic rings. The molecule has 0 aromatic heterocycles. The van der Waals surface area contributed by atoms with Gasteiger partial charge in [-0.1, -0.05) is 44.2 Å². The molecule has 0 bridgehead atoms. The van der Waals surface area contributed by atoms with Crippen molar-refractivity contribution >= 4 is 5.91 Å². The first-order valence-corrected chi connectivity index (χ1v) is 6.78. The highest BCUT2D eigenvalue weighted by Gasteiger charge is 2.32. The van der Waals surface area contributed by atoms with Gasteiger partial charge in [-0.2, -0.15) is 0 Å². The van der Waals surface area contributed by atoms with E-state index in [1.165, 1.54) is 5.56 Å². The summed E-state index contributed by atoms with van der Waals surface area (Å²) >= 11 is 0. The van der Waals surface area contributed by atoms with Crippen LogP contribution in [0.5, 0.6) is 0 Å². The van der Waals surface area contributed by atoms with E-state index in [1.807, 2.05) is 30.3 Å². The fourth-order valence-electron chi connectivity index (χ4n) is 1.64. The van der Waals surface area contributed by atoms with Crippen LogP contribution in [0.2, 0.25) is 0 Å². The highest BCUT2D eigenvalue weighted by Crippen LogP contribution is 2.19. The lowest BCUT2D eigenvalue weighted by Crippen LogP contribution is -2.46. The Labute approximate surface area is 120 Å². The molecule has 0 spiro atoms. The van der Waals surface area contributed by atoms with Crippen LogP contribution in [0.3, 0.4) is 0 Å². The molecule has 1 aromatic carbocycles. The lowest BCUT2D eigenvalue weighted by atomic mass is 9.87. The summed E-state index contributed by atoms with van der Waals surface area (Å²) in [5, 5.41) is 24.7. The predicted octanol–water partition coefficient (Wildman–Crippen LogP) is 0.272. The van der Waals surface area contributed by atoms with E-state index in [2.05, 4.69) is 10.6 Å². The molecule has 112 valence electrons. The van der Waals surface area contributed by atoms with Crippen LogP contribution in [0, 0.1) is 5.41 Å². The van der Waals surface area contributed by atoms with Crippen LogP contribution in [-0.4, -0.2) is 41.9 Å². The normalized spacial score (nSPS) is 13.0. The summed E-state index contributed by atoms with van der Waals surface area (Å²) < 4.78 is 0. The van der Waals surface area contributed by atoms with Gasteiger partial charge in [0.25, 0.3) is 0 Å². The molecule has 0 saturated heterocycles. The third-order valence-electron chi connectivity index (χ3n) is 3.17. The van der Waals surface area contributed by atoms with Crippen molar-refractivity contribution in [2.45, 2.75) is 26.5 Å². The lowest BCUT2D eigenvalue weighted by Gasteiger charge is -2.27. The molecule has 0 heterocycles. The maximum atomic E-state index is 11.7. The monoisotopic (exact) mass is 280 g/mol. The number of carbonyl (C=O) groups excluding carboxylic acids is 1. The number of benzene rings is 1. The molecule has 4 N–H and O–H groups in total. The maximum absolute atomic E-state index is 11.7. The van der Waals surface area contributed by atoms with E-state index < -0.39 is 17.4 Å². The molecule has 0 aliphatic rings. The Morgan fingerprint density at radius 2 is 1.90 bits per heavy atom. The first-order valence-electron chi connectivity index (χ1n) is 6.78. The summed E-state index contributed by atoms with van der Waals surface area (Å²) in [5.41, 5.74) is 0.349. The van der Waals surface area contributed by atoms with E-state index in [4.69, 9.17) is 5.11 Å². The van der Waals surface area contributed by atoms with Crippen LogP contribution < -0.4 is 10.6 Å². The van der Waals surface area contributed by atoms with Crippen molar-refractivity contribution in [3.05, 3.63) is 35.9 Å². The van der Waals surface area contributed by atoms with Gasteiger partial charge in [0.15, 0.2) is 0 Å². The van der Waals surface area contributed by atoms with E-state index in [1.54, 1.807) is 13.8 Å². The summed E-state index contributed by atoms with van der Waals surface area (Å²) in [6.07, 6.45) is -1.21. The summed E-state index contributed by atoms with van der Waals surface area (Å²) in [5.74, 6) is -0.453. The first kappa shape index (κ1) is 16.6. The van der Waals surface area contributed by atoms with Crippen LogP contribution in [-0.2, 0) is 11.3 Å². The van der Waals surface area contributed by atoms with Gasteiger partial charge in [0.2, 0.25) is 5.91 Å². The number of aliphatic hydroxyl groups is 2. The molecule has 0 fully saturated rings. The number of carbonyl (C=O) groups is 1. The van der Waals surface area contributed by atoms with Crippen molar-refractivity contribution in [3.63, 3.8) is 0 Å². The SMILES string of the molecule is CC(C)(CO)C(O)C(=O)NCCNCc1ccccc1. The third kappa shape index (κ3) is 5.28. The molecule has 0 saturated carbocycles. The highest BCUT2D eigenvalue weighted by atomic mass is 16.3. The number of aliphatic hydroxyl groups excluding tert-OH is 2. The van der Waals surface area contributed by atoms with Crippen LogP contribution in [0.4, 0.5) is 0 Å². The number of amides is 1. The lowest BCUT2D eigenvalue weighted by molar-refractivity contribution is -0.137. The number of rotatable bonds is 8. The third-order valence-corrected chi connectivity index (χ3v) is 3.17. The zero-order chi connectivity index (χ0) is 15.0. The molecule has 0 radical (unpaired) electrons. The average Bonchev–Trinajstić information content (AvgIpc) is 2.47. The number of nitrogens with one attached hydrogen (secondary N) is 2. The Balaban J connectivity index is 2.19. The van der Waals surface area contributed by atoms with Crippen molar-refractivity contribution in [2.24, 2.45) is 5.41 Å². The minimum atomic E-state index is -1.21. The van der Waals surface area contributed by atoms with E-state index in [0.29, 0.717) is 13.1 Å². The van der Waals surface area contributed by atoms with Crippen molar-refractivity contribution in [3.8, 4) is 0 Å². The molecular formula is C15H24N2O3. The topological polar surface area (TPSA) is 81.6 Å². The minimum Gasteiger partial charge on any atom is -0.396 e. The second-order valence-corrected chi connectivity index (χ2v) is 5.50. The summed E-state index contributed by atoms with van der Waals surface area (Å²) in [7, 11) is 0. The number of hydrogen-bond acceptors (Lipinski definition) is 4. The van der Waals surface area contributed by atoms with Crippen molar-refractivity contribution in [1.82, 2.24) is 10.6 Å². The van der Waals surface area contributed by atoms with Crippen molar-refractivity contribution < 1.29 is 15.0 Å². The van der Waals surface area contributed by atoms with Gasteiger partial charge in [-0.05, 0) is 5.56 Å².